The lowest BCUT2D eigenvalue weighted by Crippen LogP contribution is -2.50. The number of alkyl halides is 3. The van der Waals surface area contributed by atoms with Gasteiger partial charge in [-0.05, 0) is 49.2 Å². The molecule has 5 rings (SSSR count). The molecule has 0 aromatic carbocycles. The van der Waals surface area contributed by atoms with Crippen molar-refractivity contribution in [1.82, 2.24) is 20.7 Å². The van der Waals surface area contributed by atoms with E-state index in [2.05, 4.69) is 25.6 Å². The Labute approximate surface area is 142 Å². The zero-order valence-corrected chi connectivity index (χ0v) is 13.6. The average Bonchev–Trinajstić information content (AvgIpc) is 2.96. The third-order valence-corrected chi connectivity index (χ3v) is 5.26. The molecule has 2 heterocycles. The molecule has 3 saturated carbocycles. The van der Waals surface area contributed by atoms with Gasteiger partial charge in [-0.3, -0.25) is 10.3 Å². The van der Waals surface area contributed by atoms with Crippen LogP contribution in [0.1, 0.15) is 32.1 Å². The summed E-state index contributed by atoms with van der Waals surface area (Å²) in [4.78, 5) is 13.8. The minimum Gasteiger partial charge on any atom is -0.468 e. The van der Waals surface area contributed by atoms with E-state index in [1.54, 1.807) is 0 Å². The summed E-state index contributed by atoms with van der Waals surface area (Å²) in [5.74, 6) is 1.39. The molecule has 1 atom stereocenters. The normalized spacial score (nSPS) is 32.3. The van der Waals surface area contributed by atoms with Gasteiger partial charge in [0.05, 0.1) is 0 Å². The number of fused-ring (bicyclic) bond motifs is 2. The average molecular weight is 359 g/mol. The molecular formula is C15H20F3N5O2. The van der Waals surface area contributed by atoms with Crippen LogP contribution in [-0.2, 0) is 4.84 Å². The first-order valence-corrected chi connectivity index (χ1v) is 8.43. The van der Waals surface area contributed by atoms with Crippen molar-refractivity contribution in [1.29, 1.82) is 0 Å². The third-order valence-electron chi connectivity index (χ3n) is 5.26. The fraction of sp³-hybridized carbons (Fsp3) is 0.733. The highest BCUT2D eigenvalue weighted by atomic mass is 19.4. The maximum Gasteiger partial charge on any atom is 0.422 e. The van der Waals surface area contributed by atoms with Gasteiger partial charge in [0.25, 0.3) is 0 Å². The van der Waals surface area contributed by atoms with Crippen LogP contribution in [0.5, 0.6) is 5.88 Å². The predicted molar refractivity (Wildman–Crippen MR) is 80.9 cm³/mol. The van der Waals surface area contributed by atoms with Gasteiger partial charge in [0.15, 0.2) is 12.4 Å². The number of aromatic nitrogens is 2. The van der Waals surface area contributed by atoms with E-state index in [0.29, 0.717) is 18.4 Å². The van der Waals surface area contributed by atoms with Crippen molar-refractivity contribution in [3.63, 3.8) is 0 Å². The summed E-state index contributed by atoms with van der Waals surface area (Å²) in [6.45, 7) is -0.683. The molecule has 7 nitrogen and oxygen atoms in total. The maximum atomic E-state index is 12.2. The number of ether oxygens (including phenoxy) is 1. The lowest BCUT2D eigenvalue weighted by molar-refractivity contribution is -0.235. The molecule has 4 fully saturated rings. The van der Waals surface area contributed by atoms with Gasteiger partial charge in [-0.15, -0.1) is 0 Å². The van der Waals surface area contributed by atoms with Gasteiger partial charge in [0.1, 0.15) is 11.9 Å². The van der Waals surface area contributed by atoms with E-state index in [4.69, 9.17) is 4.84 Å². The Morgan fingerprint density at radius 2 is 2.12 bits per heavy atom. The van der Waals surface area contributed by atoms with Crippen molar-refractivity contribution in [2.24, 2.45) is 11.8 Å². The number of nitrogens with one attached hydrogen (secondary N) is 2. The van der Waals surface area contributed by atoms with Crippen LogP contribution in [0.3, 0.4) is 0 Å². The van der Waals surface area contributed by atoms with E-state index in [-0.39, 0.29) is 17.3 Å². The molecule has 1 aliphatic heterocycles. The lowest BCUT2D eigenvalue weighted by Gasteiger charge is -2.47. The summed E-state index contributed by atoms with van der Waals surface area (Å²) < 4.78 is 41.3. The Bertz CT molecular complexity index is 623. The molecule has 138 valence electrons. The summed E-state index contributed by atoms with van der Waals surface area (Å²) in [6, 6.07) is 1.30. The minimum atomic E-state index is -4.41. The molecule has 1 saturated heterocycles. The van der Waals surface area contributed by atoms with Crippen LogP contribution >= 0.6 is 0 Å². The molecule has 0 unspecified atom stereocenters. The molecule has 0 radical (unpaired) electrons. The maximum absolute atomic E-state index is 12.2. The van der Waals surface area contributed by atoms with E-state index in [9.17, 15) is 13.2 Å². The smallest absolute Gasteiger partial charge is 0.422 e. The first-order valence-electron chi connectivity index (χ1n) is 8.43. The summed E-state index contributed by atoms with van der Waals surface area (Å²) in [5.41, 5.74) is 5.84. The summed E-state index contributed by atoms with van der Waals surface area (Å²) in [6.07, 6.45) is 2.68. The minimum absolute atomic E-state index is 0.152. The van der Waals surface area contributed by atoms with Crippen LogP contribution in [0, 0.1) is 11.8 Å². The molecule has 1 aromatic heterocycles. The molecule has 3 aliphatic carbocycles. The van der Waals surface area contributed by atoms with Crippen LogP contribution in [0.25, 0.3) is 0 Å². The molecule has 25 heavy (non-hydrogen) atoms. The van der Waals surface area contributed by atoms with Crippen LogP contribution in [0.15, 0.2) is 12.4 Å². The molecule has 10 heteroatoms. The van der Waals surface area contributed by atoms with Crippen molar-refractivity contribution in [2.45, 2.75) is 43.9 Å². The number of hydrogen-bond acceptors (Lipinski definition) is 7. The van der Waals surface area contributed by atoms with Crippen molar-refractivity contribution in [3.05, 3.63) is 12.4 Å². The zero-order chi connectivity index (χ0) is 17.5. The third kappa shape index (κ3) is 3.65. The topological polar surface area (TPSA) is 71.5 Å². The van der Waals surface area contributed by atoms with Crippen LogP contribution in [-0.4, -0.2) is 40.2 Å². The number of nitrogens with zero attached hydrogens (tertiary/aromatic N) is 3. The summed E-state index contributed by atoms with van der Waals surface area (Å²) in [5, 5.41) is 1.40. The van der Waals surface area contributed by atoms with E-state index in [1.165, 1.54) is 37.0 Å². The molecule has 2 N–H and O–H groups in total. The van der Waals surface area contributed by atoms with E-state index in [1.807, 2.05) is 0 Å². The molecule has 1 spiro atoms. The van der Waals surface area contributed by atoms with Gasteiger partial charge in [0, 0.05) is 12.6 Å². The first-order chi connectivity index (χ1) is 11.9. The van der Waals surface area contributed by atoms with E-state index >= 15 is 0 Å². The Balaban J connectivity index is 1.37. The van der Waals surface area contributed by atoms with Gasteiger partial charge in [-0.25, -0.2) is 15.4 Å². The Morgan fingerprint density at radius 1 is 1.32 bits per heavy atom. The molecular weight excluding hydrogens is 339 g/mol. The first kappa shape index (κ1) is 16.8. The number of anilines is 1. The molecule has 0 amide bonds. The van der Waals surface area contributed by atoms with Crippen LogP contribution in [0.4, 0.5) is 19.0 Å². The van der Waals surface area contributed by atoms with E-state index in [0.717, 1.165) is 12.7 Å². The lowest BCUT2D eigenvalue weighted by atomic mass is 9.62. The van der Waals surface area contributed by atoms with Gasteiger partial charge < -0.3 is 4.74 Å². The van der Waals surface area contributed by atoms with Gasteiger partial charge >= 0.3 is 6.18 Å². The highest BCUT2D eigenvalue weighted by Gasteiger charge is 2.52. The number of hydrazine groups is 2. The zero-order valence-electron chi connectivity index (χ0n) is 13.6. The molecule has 2 bridgehead atoms. The second kappa shape index (κ2) is 6.26. The highest BCUT2D eigenvalue weighted by Crippen LogP contribution is 2.50. The van der Waals surface area contributed by atoms with Crippen molar-refractivity contribution in [2.75, 3.05) is 18.6 Å². The number of rotatable bonds is 4. The Morgan fingerprint density at radius 3 is 2.80 bits per heavy atom. The SMILES string of the molecule is FC(F)(F)COc1cc(NN2NC[C@]3(CC4CCC3CC4)O2)ncn1. The fourth-order valence-electron chi connectivity index (χ4n) is 4.13. The van der Waals surface area contributed by atoms with Gasteiger partial charge in [-0.2, -0.15) is 13.2 Å². The molecule has 4 aliphatic rings. The highest BCUT2D eigenvalue weighted by molar-refractivity contribution is 5.35. The standard InChI is InChI=1S/C15H20F3N5O2/c16-15(17,18)8-24-13-5-12(19-9-20-13)22-23-21-7-14(25-23)6-10-1-3-11(14)4-2-10/h5,9-11,21H,1-4,6-8H2,(H,19,20,22)/t10?,11?,14-/m0/s1. The molecule has 1 aromatic rings. The number of hydrogen-bond donors (Lipinski definition) is 2. The van der Waals surface area contributed by atoms with Crippen LogP contribution in [0.2, 0.25) is 0 Å². The summed E-state index contributed by atoms with van der Waals surface area (Å²) >= 11 is 0. The largest absolute Gasteiger partial charge is 0.468 e. The quantitative estimate of drug-likeness (QED) is 0.856. The summed E-state index contributed by atoms with van der Waals surface area (Å²) in [7, 11) is 0. The van der Waals surface area contributed by atoms with Crippen LogP contribution < -0.4 is 15.6 Å². The van der Waals surface area contributed by atoms with Crippen molar-refractivity contribution in [3.8, 4) is 5.88 Å². The van der Waals surface area contributed by atoms with E-state index < -0.39 is 12.8 Å². The predicted octanol–water partition coefficient (Wildman–Crippen LogP) is 2.45. The van der Waals surface area contributed by atoms with Crippen molar-refractivity contribution >= 4 is 5.82 Å². The number of halogens is 3. The van der Waals surface area contributed by atoms with Gasteiger partial charge in [-0.1, -0.05) is 0 Å². The monoisotopic (exact) mass is 359 g/mol. The second-order valence-electron chi connectivity index (χ2n) is 6.96. The Hall–Kier alpha value is -1.65. The Kier molecular flexibility index (Phi) is 4.20. The van der Waals surface area contributed by atoms with Gasteiger partial charge in [0.2, 0.25) is 5.88 Å². The van der Waals surface area contributed by atoms with Crippen molar-refractivity contribution < 1.29 is 22.7 Å². The fourth-order valence-corrected chi connectivity index (χ4v) is 4.13. The second-order valence-corrected chi connectivity index (χ2v) is 6.96.